The molecule has 0 aromatic heterocycles. The van der Waals surface area contributed by atoms with Crippen LogP contribution in [-0.2, 0) is 14.3 Å². The minimum Gasteiger partial charge on any atom is -0.479 e. The van der Waals surface area contributed by atoms with Crippen LogP contribution in [0, 0.1) is 5.92 Å². The summed E-state index contributed by atoms with van der Waals surface area (Å²) < 4.78 is 10.5. The quantitative estimate of drug-likeness (QED) is 0.400. The molecule has 0 amide bonds. The highest BCUT2D eigenvalue weighted by molar-refractivity contribution is 5.80. The van der Waals surface area contributed by atoms with Crippen molar-refractivity contribution in [3.8, 4) is 0 Å². The molecule has 1 heterocycles. The lowest BCUT2D eigenvalue weighted by molar-refractivity contribution is -0.144. The van der Waals surface area contributed by atoms with E-state index in [2.05, 4.69) is 0 Å². The van der Waals surface area contributed by atoms with Gasteiger partial charge in [-0.15, -0.1) is 0 Å². The second-order valence-corrected chi connectivity index (χ2v) is 6.30. The highest BCUT2D eigenvalue weighted by Crippen LogP contribution is 2.31. The number of rotatable bonds is 9. The van der Waals surface area contributed by atoms with Crippen LogP contribution >= 0.6 is 0 Å². The Labute approximate surface area is 121 Å². The molecule has 0 radical (unpaired) electrons. The van der Waals surface area contributed by atoms with Crippen molar-refractivity contribution >= 4 is 5.97 Å². The molecule has 0 spiro atoms. The Kier molecular flexibility index (Phi) is 6.30. The van der Waals surface area contributed by atoms with E-state index in [-0.39, 0.29) is 0 Å². The Hall–Kier alpha value is -0.610. The highest BCUT2D eigenvalue weighted by Gasteiger charge is 2.52. The van der Waals surface area contributed by atoms with Crippen molar-refractivity contribution in [2.45, 2.75) is 69.8 Å². The topological polar surface area (TPSA) is 59.1 Å². The summed E-state index contributed by atoms with van der Waals surface area (Å²) in [6.07, 6.45) is 12.7. The van der Waals surface area contributed by atoms with Crippen LogP contribution in [0.25, 0.3) is 0 Å². The number of epoxide rings is 1. The third kappa shape index (κ3) is 5.06. The minimum absolute atomic E-state index is 0.341. The van der Waals surface area contributed by atoms with Crippen molar-refractivity contribution < 1.29 is 19.4 Å². The fourth-order valence-corrected chi connectivity index (χ4v) is 3.09. The van der Waals surface area contributed by atoms with Gasteiger partial charge in [-0.05, 0) is 12.3 Å². The summed E-state index contributed by atoms with van der Waals surface area (Å²) in [5.41, 5.74) is -0.916. The molecule has 2 rings (SSSR count). The number of carboxylic acid groups (broad SMARTS) is 1. The van der Waals surface area contributed by atoms with Crippen LogP contribution in [-0.4, -0.2) is 36.5 Å². The van der Waals surface area contributed by atoms with Crippen LogP contribution in [0.1, 0.15) is 64.2 Å². The molecule has 2 aliphatic rings. The van der Waals surface area contributed by atoms with Gasteiger partial charge in [0.1, 0.15) is 0 Å². The molecule has 20 heavy (non-hydrogen) atoms. The van der Waals surface area contributed by atoms with E-state index in [0.29, 0.717) is 19.6 Å². The SMILES string of the molecule is O=C(O)C1(CCOCCCCC2CCCCCC2)CO1. The third-order valence-corrected chi connectivity index (χ3v) is 4.66. The predicted molar refractivity (Wildman–Crippen MR) is 76.8 cm³/mol. The molecule has 1 unspecified atom stereocenters. The zero-order valence-corrected chi connectivity index (χ0v) is 12.4. The molecule has 116 valence electrons. The average molecular weight is 284 g/mol. The van der Waals surface area contributed by atoms with Gasteiger partial charge < -0.3 is 14.6 Å². The lowest BCUT2D eigenvalue weighted by Crippen LogP contribution is -2.25. The molecule has 1 saturated carbocycles. The fourth-order valence-electron chi connectivity index (χ4n) is 3.09. The largest absolute Gasteiger partial charge is 0.479 e. The Morgan fingerprint density at radius 2 is 1.85 bits per heavy atom. The summed E-state index contributed by atoms with van der Waals surface area (Å²) in [5.74, 6) is 0.0853. The van der Waals surface area contributed by atoms with Crippen LogP contribution in [0.3, 0.4) is 0 Å². The van der Waals surface area contributed by atoms with E-state index in [1.54, 1.807) is 0 Å². The zero-order chi connectivity index (χ0) is 14.3. The summed E-state index contributed by atoms with van der Waals surface area (Å²) >= 11 is 0. The summed E-state index contributed by atoms with van der Waals surface area (Å²) in [6.45, 7) is 1.59. The van der Waals surface area contributed by atoms with E-state index in [1.807, 2.05) is 0 Å². The van der Waals surface area contributed by atoms with E-state index in [9.17, 15) is 4.79 Å². The summed E-state index contributed by atoms with van der Waals surface area (Å²) in [5, 5.41) is 8.93. The summed E-state index contributed by atoms with van der Waals surface area (Å²) in [6, 6.07) is 0. The normalized spacial score (nSPS) is 27.2. The van der Waals surface area contributed by atoms with E-state index < -0.39 is 11.6 Å². The molecule has 0 bridgehead atoms. The predicted octanol–water partition coefficient (Wildman–Crippen LogP) is 3.39. The van der Waals surface area contributed by atoms with Gasteiger partial charge in [-0.2, -0.15) is 0 Å². The van der Waals surface area contributed by atoms with Crippen LogP contribution in [0.4, 0.5) is 0 Å². The molecule has 1 saturated heterocycles. The Balaban J connectivity index is 1.43. The van der Waals surface area contributed by atoms with Gasteiger partial charge in [-0.3, -0.25) is 0 Å². The number of carboxylic acids is 1. The highest BCUT2D eigenvalue weighted by atomic mass is 16.6. The number of hydrogen-bond acceptors (Lipinski definition) is 3. The van der Waals surface area contributed by atoms with Crippen molar-refractivity contribution in [3.63, 3.8) is 0 Å². The molecule has 0 aromatic rings. The van der Waals surface area contributed by atoms with Crippen molar-refractivity contribution in [1.29, 1.82) is 0 Å². The molecular formula is C16H28O4. The van der Waals surface area contributed by atoms with Crippen LogP contribution in [0.2, 0.25) is 0 Å². The fraction of sp³-hybridized carbons (Fsp3) is 0.938. The second kappa shape index (κ2) is 7.99. The van der Waals surface area contributed by atoms with Crippen molar-refractivity contribution in [1.82, 2.24) is 0 Å². The minimum atomic E-state index is -0.916. The molecule has 1 atom stereocenters. The van der Waals surface area contributed by atoms with Gasteiger partial charge in [-0.1, -0.05) is 51.4 Å². The van der Waals surface area contributed by atoms with Gasteiger partial charge in [0.2, 0.25) is 0 Å². The van der Waals surface area contributed by atoms with Gasteiger partial charge in [0.15, 0.2) is 5.60 Å². The summed E-state index contributed by atoms with van der Waals surface area (Å²) in [4.78, 5) is 10.9. The van der Waals surface area contributed by atoms with Crippen molar-refractivity contribution in [2.24, 2.45) is 5.92 Å². The number of hydrogen-bond donors (Lipinski definition) is 1. The zero-order valence-electron chi connectivity index (χ0n) is 12.4. The third-order valence-electron chi connectivity index (χ3n) is 4.66. The van der Waals surface area contributed by atoms with Gasteiger partial charge in [-0.25, -0.2) is 4.79 Å². The molecule has 1 N–H and O–H groups in total. The van der Waals surface area contributed by atoms with Crippen LogP contribution in [0.15, 0.2) is 0 Å². The molecule has 1 aliphatic heterocycles. The first kappa shape index (κ1) is 15.8. The number of unbranched alkanes of at least 4 members (excludes halogenated alkanes) is 1. The maximum atomic E-state index is 10.9. The molecule has 0 aromatic carbocycles. The van der Waals surface area contributed by atoms with Gasteiger partial charge >= 0.3 is 5.97 Å². The Morgan fingerprint density at radius 3 is 2.45 bits per heavy atom. The lowest BCUT2D eigenvalue weighted by Gasteiger charge is -2.13. The maximum absolute atomic E-state index is 10.9. The average Bonchev–Trinajstić information content (AvgIpc) is 3.22. The molecule has 4 heteroatoms. The van der Waals surface area contributed by atoms with Crippen molar-refractivity contribution in [3.05, 3.63) is 0 Å². The lowest BCUT2D eigenvalue weighted by atomic mass is 9.94. The number of ether oxygens (including phenoxy) is 2. The summed E-state index contributed by atoms with van der Waals surface area (Å²) in [7, 11) is 0. The van der Waals surface area contributed by atoms with E-state index >= 15 is 0 Å². The Morgan fingerprint density at radius 1 is 1.15 bits per heavy atom. The molecule has 2 fully saturated rings. The monoisotopic (exact) mass is 284 g/mol. The smallest absolute Gasteiger partial charge is 0.338 e. The van der Waals surface area contributed by atoms with E-state index in [4.69, 9.17) is 14.6 Å². The van der Waals surface area contributed by atoms with Gasteiger partial charge in [0, 0.05) is 19.6 Å². The first-order valence-electron chi connectivity index (χ1n) is 8.18. The maximum Gasteiger partial charge on any atom is 0.338 e. The van der Waals surface area contributed by atoms with Crippen LogP contribution < -0.4 is 0 Å². The molecule has 4 nitrogen and oxygen atoms in total. The van der Waals surface area contributed by atoms with Gasteiger partial charge in [0.05, 0.1) is 6.61 Å². The molecule has 1 aliphatic carbocycles. The molecular weight excluding hydrogens is 256 g/mol. The standard InChI is InChI=1S/C16H28O4/c17-15(18)16(13-20-16)10-12-19-11-6-5-9-14-7-3-1-2-4-8-14/h14H,1-13H2,(H,17,18). The first-order valence-corrected chi connectivity index (χ1v) is 8.18. The van der Waals surface area contributed by atoms with Gasteiger partial charge in [0.25, 0.3) is 0 Å². The van der Waals surface area contributed by atoms with Crippen LogP contribution in [0.5, 0.6) is 0 Å². The first-order chi connectivity index (χ1) is 9.73. The van der Waals surface area contributed by atoms with E-state index in [0.717, 1.165) is 18.9 Å². The van der Waals surface area contributed by atoms with Crippen molar-refractivity contribution in [2.75, 3.05) is 19.8 Å². The Bertz CT molecular complexity index is 291. The second-order valence-electron chi connectivity index (χ2n) is 6.30. The van der Waals surface area contributed by atoms with E-state index in [1.165, 1.54) is 51.4 Å². The number of aliphatic carboxylic acids is 1. The number of carbonyl (C=O) groups is 1.